The summed E-state index contributed by atoms with van der Waals surface area (Å²) in [7, 11) is 3.37. The van der Waals surface area contributed by atoms with Crippen LogP contribution in [0.5, 0.6) is 11.5 Å². The van der Waals surface area contributed by atoms with Crippen LogP contribution in [0.15, 0.2) is 109 Å². The Bertz CT molecular complexity index is 1850. The molecule has 0 atom stereocenters. The van der Waals surface area contributed by atoms with Gasteiger partial charge in [0.25, 0.3) is 0 Å². The molecule has 7 rings (SSSR count). The van der Waals surface area contributed by atoms with Crippen LogP contribution in [-0.2, 0) is 0 Å². The van der Waals surface area contributed by atoms with Crippen LogP contribution in [0.1, 0.15) is 0 Å². The predicted molar refractivity (Wildman–Crippen MR) is 168 cm³/mol. The van der Waals surface area contributed by atoms with E-state index < -0.39 is 0 Å². The van der Waals surface area contributed by atoms with Gasteiger partial charge in [0.05, 0.1) is 14.2 Å². The third-order valence-corrected chi connectivity index (χ3v) is 9.44. The number of benzene rings is 3. The lowest BCUT2D eigenvalue weighted by atomic mass is 10.1. The van der Waals surface area contributed by atoms with E-state index in [9.17, 15) is 0 Å². The molecule has 3 aromatic carbocycles. The summed E-state index contributed by atoms with van der Waals surface area (Å²) < 4.78 is 11.1. The van der Waals surface area contributed by atoms with Gasteiger partial charge in [0.15, 0.2) is 0 Å². The highest BCUT2D eigenvalue weighted by atomic mass is 32.1. The van der Waals surface area contributed by atoms with Gasteiger partial charge in [-0.15, -0.1) is 22.7 Å². The van der Waals surface area contributed by atoms with Gasteiger partial charge in [-0.3, -0.25) is 9.97 Å². The van der Waals surface area contributed by atoms with Gasteiger partial charge in [-0.1, -0.05) is 36.4 Å². The van der Waals surface area contributed by atoms with Crippen molar-refractivity contribution in [1.29, 1.82) is 0 Å². The van der Waals surface area contributed by atoms with Crippen molar-refractivity contribution in [3.8, 4) is 53.3 Å². The number of nitrogens with zero attached hydrogens (tertiary/aromatic N) is 2. The number of methoxy groups -OCH3 is 2. The molecule has 0 amide bonds. The highest BCUT2D eigenvalue weighted by molar-refractivity contribution is 7.19. The summed E-state index contributed by atoms with van der Waals surface area (Å²) in [6.45, 7) is 0. The summed E-state index contributed by atoms with van der Waals surface area (Å²) in [5.41, 5.74) is 6.53. The lowest BCUT2D eigenvalue weighted by Gasteiger charge is -2.08. The summed E-state index contributed by atoms with van der Waals surface area (Å²) in [6.07, 6.45) is 3.62. The Morgan fingerprint density at radius 3 is 1.32 bits per heavy atom. The Kier molecular flexibility index (Phi) is 6.27. The van der Waals surface area contributed by atoms with Crippen LogP contribution in [0.2, 0.25) is 0 Å². The summed E-state index contributed by atoms with van der Waals surface area (Å²) in [5, 5.41) is 2.19. The van der Waals surface area contributed by atoms with Crippen LogP contribution in [-0.4, -0.2) is 24.2 Å². The number of ether oxygens (including phenoxy) is 2. The summed E-state index contributed by atoms with van der Waals surface area (Å²) in [5.74, 6) is 1.58. The van der Waals surface area contributed by atoms with Crippen LogP contribution in [0.25, 0.3) is 63.6 Å². The zero-order valence-electron chi connectivity index (χ0n) is 21.9. The number of hydrogen-bond donors (Lipinski definition) is 0. The van der Waals surface area contributed by atoms with E-state index in [0.717, 1.165) is 33.3 Å². The molecular formula is C34H24N2O2S2. The van der Waals surface area contributed by atoms with Gasteiger partial charge < -0.3 is 9.47 Å². The fourth-order valence-electron chi connectivity index (χ4n) is 5.13. The van der Waals surface area contributed by atoms with E-state index in [1.807, 2.05) is 36.7 Å². The highest BCUT2D eigenvalue weighted by Crippen LogP contribution is 2.42. The molecule has 194 valence electrons. The van der Waals surface area contributed by atoms with E-state index in [2.05, 4.69) is 82.8 Å². The molecule has 0 saturated carbocycles. The average molecular weight is 557 g/mol. The molecule has 0 unspecified atom stereocenters. The molecule has 4 heterocycles. The van der Waals surface area contributed by atoms with E-state index in [1.54, 1.807) is 36.9 Å². The molecule has 6 heteroatoms. The van der Waals surface area contributed by atoms with Crippen LogP contribution < -0.4 is 9.47 Å². The van der Waals surface area contributed by atoms with Gasteiger partial charge in [-0.05, 0) is 71.8 Å². The summed E-state index contributed by atoms with van der Waals surface area (Å²) >= 11 is 3.58. The Morgan fingerprint density at radius 2 is 0.900 bits per heavy atom. The molecule has 0 saturated heterocycles. The van der Waals surface area contributed by atoms with Crippen molar-refractivity contribution < 1.29 is 9.47 Å². The first kappa shape index (κ1) is 24.5. The summed E-state index contributed by atoms with van der Waals surface area (Å²) in [6, 6.07) is 34.1. The first-order chi connectivity index (χ1) is 19.7. The fourth-order valence-corrected chi connectivity index (χ4v) is 7.23. The van der Waals surface area contributed by atoms with E-state index >= 15 is 0 Å². The SMILES string of the molecule is COc1ccc(-c2ccc(-c3ccc(-c4ccc(-c5ccc(OC)c6ncccc56)s4)cc3)s2)c2cccnc12. The van der Waals surface area contributed by atoms with E-state index in [4.69, 9.17) is 9.47 Å². The average Bonchev–Trinajstić information content (AvgIpc) is 3.71. The maximum atomic E-state index is 5.53. The normalized spacial score (nSPS) is 11.2. The second-order valence-corrected chi connectivity index (χ2v) is 11.5. The van der Waals surface area contributed by atoms with E-state index in [0.29, 0.717) is 0 Å². The second kappa shape index (κ2) is 10.2. The smallest absolute Gasteiger partial charge is 0.145 e. The Hall–Kier alpha value is -4.52. The minimum absolute atomic E-state index is 0.792. The van der Waals surface area contributed by atoms with Gasteiger partial charge >= 0.3 is 0 Å². The van der Waals surface area contributed by atoms with Gasteiger partial charge in [0.1, 0.15) is 22.5 Å². The van der Waals surface area contributed by atoms with E-state index in [1.165, 1.54) is 41.8 Å². The van der Waals surface area contributed by atoms with Crippen molar-refractivity contribution >= 4 is 44.5 Å². The van der Waals surface area contributed by atoms with Crippen molar-refractivity contribution in [2.45, 2.75) is 0 Å². The largest absolute Gasteiger partial charge is 0.494 e. The zero-order valence-corrected chi connectivity index (χ0v) is 23.6. The van der Waals surface area contributed by atoms with Gasteiger partial charge in [-0.2, -0.15) is 0 Å². The molecule has 7 aromatic rings. The quantitative estimate of drug-likeness (QED) is 0.205. The lowest BCUT2D eigenvalue weighted by molar-refractivity contribution is 0.419. The molecule has 0 radical (unpaired) electrons. The Labute approximate surface area is 240 Å². The molecule has 0 fully saturated rings. The first-order valence-corrected chi connectivity index (χ1v) is 14.5. The van der Waals surface area contributed by atoms with Crippen molar-refractivity contribution in [2.75, 3.05) is 14.2 Å². The third kappa shape index (κ3) is 4.22. The molecule has 0 N–H and O–H groups in total. The molecule has 40 heavy (non-hydrogen) atoms. The topological polar surface area (TPSA) is 44.2 Å². The van der Waals surface area contributed by atoms with E-state index in [-0.39, 0.29) is 0 Å². The van der Waals surface area contributed by atoms with Crippen LogP contribution in [0.3, 0.4) is 0 Å². The number of pyridine rings is 2. The van der Waals surface area contributed by atoms with Crippen LogP contribution >= 0.6 is 22.7 Å². The molecule has 0 aliphatic carbocycles. The minimum atomic E-state index is 0.792. The maximum absolute atomic E-state index is 5.53. The minimum Gasteiger partial charge on any atom is -0.494 e. The lowest BCUT2D eigenvalue weighted by Crippen LogP contribution is -1.88. The number of thiophene rings is 2. The van der Waals surface area contributed by atoms with Gasteiger partial charge in [0.2, 0.25) is 0 Å². The molecule has 0 spiro atoms. The van der Waals surface area contributed by atoms with Crippen molar-refractivity contribution in [1.82, 2.24) is 9.97 Å². The molecule has 0 aliphatic rings. The fraction of sp³-hybridized carbons (Fsp3) is 0.0588. The number of hydrogen-bond acceptors (Lipinski definition) is 6. The predicted octanol–water partition coefficient (Wildman–Crippen LogP) is 9.59. The second-order valence-electron chi connectivity index (χ2n) is 9.34. The molecule has 4 nitrogen and oxygen atoms in total. The number of aromatic nitrogens is 2. The highest BCUT2D eigenvalue weighted by Gasteiger charge is 2.14. The van der Waals surface area contributed by atoms with Crippen LogP contribution in [0.4, 0.5) is 0 Å². The van der Waals surface area contributed by atoms with Crippen molar-refractivity contribution in [2.24, 2.45) is 0 Å². The van der Waals surface area contributed by atoms with Gasteiger partial charge in [-0.25, -0.2) is 0 Å². The standard InChI is InChI=1S/C34H24N2O2S2/c1-37-27-13-11-23(25-5-3-19-35-33(25)27)31-17-15-29(39-31)21-7-9-22(10-8-21)30-16-18-32(40-30)24-12-14-28(38-2)34-26(24)6-4-20-36-34/h3-20H,1-2H3. The van der Waals surface area contributed by atoms with Crippen molar-refractivity contribution in [3.05, 3.63) is 109 Å². The first-order valence-electron chi connectivity index (χ1n) is 12.9. The Balaban J connectivity index is 1.18. The molecule has 0 bridgehead atoms. The number of rotatable bonds is 6. The molecule has 0 aliphatic heterocycles. The Morgan fingerprint density at radius 1 is 0.475 bits per heavy atom. The monoisotopic (exact) mass is 556 g/mol. The third-order valence-electron chi connectivity index (χ3n) is 7.10. The molecule has 4 aromatic heterocycles. The zero-order chi connectivity index (χ0) is 27.1. The van der Waals surface area contributed by atoms with Crippen molar-refractivity contribution in [3.63, 3.8) is 0 Å². The summed E-state index contributed by atoms with van der Waals surface area (Å²) in [4.78, 5) is 14.0. The maximum Gasteiger partial charge on any atom is 0.145 e. The molecular weight excluding hydrogens is 533 g/mol. The van der Waals surface area contributed by atoms with Gasteiger partial charge in [0, 0.05) is 53.8 Å². The number of fused-ring (bicyclic) bond motifs is 2. The van der Waals surface area contributed by atoms with Crippen LogP contribution in [0, 0.1) is 0 Å².